The van der Waals surface area contributed by atoms with Crippen LogP contribution in [0.1, 0.15) is 78.6 Å². The van der Waals surface area contributed by atoms with Gasteiger partial charge in [0.1, 0.15) is 0 Å². The van der Waals surface area contributed by atoms with E-state index in [1.807, 2.05) is 13.8 Å². The molecule has 0 aromatic heterocycles. The van der Waals surface area contributed by atoms with Crippen LogP contribution in [0, 0.1) is 5.92 Å². The Labute approximate surface area is 129 Å². The van der Waals surface area contributed by atoms with E-state index in [2.05, 4.69) is 6.92 Å². The summed E-state index contributed by atoms with van der Waals surface area (Å²) in [7, 11) is 0. The Hall–Kier alpha value is -1.06. The van der Waals surface area contributed by atoms with Crippen molar-refractivity contribution in [2.75, 3.05) is 13.2 Å². The molecule has 0 spiro atoms. The van der Waals surface area contributed by atoms with Gasteiger partial charge in [-0.1, -0.05) is 39.0 Å². The summed E-state index contributed by atoms with van der Waals surface area (Å²) >= 11 is 0. The predicted octanol–water partition coefficient (Wildman–Crippen LogP) is 4.26. The van der Waals surface area contributed by atoms with E-state index < -0.39 is 0 Å². The van der Waals surface area contributed by atoms with Gasteiger partial charge in [0.15, 0.2) is 0 Å². The van der Waals surface area contributed by atoms with Crippen LogP contribution in [0.2, 0.25) is 0 Å². The number of hydrogen-bond acceptors (Lipinski definition) is 4. The highest BCUT2D eigenvalue weighted by atomic mass is 16.5. The fourth-order valence-electron chi connectivity index (χ4n) is 2.27. The molecule has 21 heavy (non-hydrogen) atoms. The van der Waals surface area contributed by atoms with Gasteiger partial charge in [-0.15, -0.1) is 0 Å². The summed E-state index contributed by atoms with van der Waals surface area (Å²) in [5.74, 6) is 0.419. The molecule has 0 aliphatic rings. The summed E-state index contributed by atoms with van der Waals surface area (Å²) in [6.45, 7) is 6.81. The summed E-state index contributed by atoms with van der Waals surface area (Å²) in [4.78, 5) is 22.4. The summed E-state index contributed by atoms with van der Waals surface area (Å²) in [5.41, 5.74) is 0. The van der Waals surface area contributed by atoms with Crippen molar-refractivity contribution in [1.82, 2.24) is 0 Å². The van der Waals surface area contributed by atoms with Gasteiger partial charge in [-0.3, -0.25) is 9.59 Å². The largest absolute Gasteiger partial charge is 0.466 e. The second kappa shape index (κ2) is 13.9. The minimum atomic E-state index is -0.0803. The summed E-state index contributed by atoms with van der Waals surface area (Å²) < 4.78 is 9.81. The molecular weight excluding hydrogens is 268 g/mol. The Morgan fingerprint density at radius 2 is 1.29 bits per heavy atom. The van der Waals surface area contributed by atoms with Crippen LogP contribution in [0.4, 0.5) is 0 Å². The van der Waals surface area contributed by atoms with Gasteiger partial charge in [0.05, 0.1) is 13.2 Å². The SMILES string of the molecule is CCOC(=O)CCCCCCCC(C)CCC(=O)OCC. The molecule has 0 N–H and O–H groups in total. The second-order valence-electron chi connectivity index (χ2n) is 5.56. The Morgan fingerprint density at radius 3 is 1.90 bits per heavy atom. The van der Waals surface area contributed by atoms with Crippen molar-refractivity contribution in [3.05, 3.63) is 0 Å². The molecular formula is C17H32O4. The predicted molar refractivity (Wildman–Crippen MR) is 84.0 cm³/mol. The van der Waals surface area contributed by atoms with Crippen molar-refractivity contribution < 1.29 is 19.1 Å². The molecule has 4 heteroatoms. The number of unbranched alkanes of at least 4 members (excludes halogenated alkanes) is 4. The molecule has 0 aliphatic carbocycles. The minimum absolute atomic E-state index is 0.0786. The lowest BCUT2D eigenvalue weighted by Crippen LogP contribution is -2.06. The third kappa shape index (κ3) is 13.7. The van der Waals surface area contributed by atoms with Crippen LogP contribution in [0.15, 0.2) is 0 Å². The zero-order valence-corrected chi connectivity index (χ0v) is 14.0. The van der Waals surface area contributed by atoms with E-state index in [0.29, 0.717) is 32.0 Å². The third-order valence-corrected chi connectivity index (χ3v) is 3.53. The van der Waals surface area contributed by atoms with E-state index in [1.54, 1.807) is 0 Å². The minimum Gasteiger partial charge on any atom is -0.466 e. The van der Waals surface area contributed by atoms with Gasteiger partial charge in [-0.25, -0.2) is 0 Å². The molecule has 0 aromatic carbocycles. The van der Waals surface area contributed by atoms with Crippen molar-refractivity contribution in [2.45, 2.75) is 78.6 Å². The van der Waals surface area contributed by atoms with Gasteiger partial charge in [-0.2, -0.15) is 0 Å². The van der Waals surface area contributed by atoms with E-state index in [-0.39, 0.29) is 11.9 Å². The fraction of sp³-hybridized carbons (Fsp3) is 0.882. The molecule has 0 saturated carbocycles. The average molecular weight is 300 g/mol. The molecule has 0 radical (unpaired) electrons. The maximum atomic E-state index is 11.2. The first-order chi connectivity index (χ1) is 10.1. The van der Waals surface area contributed by atoms with Gasteiger partial charge >= 0.3 is 11.9 Å². The normalized spacial score (nSPS) is 12.0. The molecule has 0 rings (SSSR count). The van der Waals surface area contributed by atoms with Gasteiger partial charge < -0.3 is 9.47 Å². The molecule has 0 heterocycles. The molecule has 0 aliphatic heterocycles. The summed E-state index contributed by atoms with van der Waals surface area (Å²) in [6, 6.07) is 0. The number of hydrogen-bond donors (Lipinski definition) is 0. The first-order valence-electron chi connectivity index (χ1n) is 8.41. The van der Waals surface area contributed by atoms with Crippen LogP contribution in [-0.2, 0) is 19.1 Å². The van der Waals surface area contributed by atoms with Crippen molar-refractivity contribution >= 4 is 11.9 Å². The number of ether oxygens (including phenoxy) is 2. The number of rotatable bonds is 13. The molecule has 0 amide bonds. The van der Waals surface area contributed by atoms with Crippen LogP contribution in [-0.4, -0.2) is 25.2 Å². The Morgan fingerprint density at radius 1 is 0.762 bits per heavy atom. The van der Waals surface area contributed by atoms with Crippen molar-refractivity contribution in [3.63, 3.8) is 0 Å². The summed E-state index contributed by atoms with van der Waals surface area (Å²) in [5, 5.41) is 0. The standard InChI is InChI=1S/C17H32O4/c1-4-20-16(18)12-10-8-6-7-9-11-15(3)13-14-17(19)21-5-2/h15H,4-14H2,1-3H3. The summed E-state index contributed by atoms with van der Waals surface area (Å²) in [6.07, 6.45) is 8.75. The van der Waals surface area contributed by atoms with E-state index >= 15 is 0 Å². The van der Waals surface area contributed by atoms with E-state index in [1.165, 1.54) is 19.3 Å². The van der Waals surface area contributed by atoms with Gasteiger partial charge in [0, 0.05) is 12.8 Å². The molecule has 1 unspecified atom stereocenters. The number of esters is 2. The van der Waals surface area contributed by atoms with Gasteiger partial charge in [-0.05, 0) is 32.6 Å². The van der Waals surface area contributed by atoms with E-state index in [4.69, 9.17) is 9.47 Å². The number of carbonyl (C=O) groups excluding carboxylic acids is 2. The van der Waals surface area contributed by atoms with Crippen LogP contribution in [0.25, 0.3) is 0 Å². The first kappa shape index (κ1) is 19.9. The molecule has 0 fully saturated rings. The highest BCUT2D eigenvalue weighted by molar-refractivity contribution is 5.69. The average Bonchev–Trinajstić information content (AvgIpc) is 2.44. The maximum Gasteiger partial charge on any atom is 0.305 e. The molecule has 4 nitrogen and oxygen atoms in total. The van der Waals surface area contributed by atoms with Crippen molar-refractivity contribution in [3.8, 4) is 0 Å². The lowest BCUT2D eigenvalue weighted by Gasteiger charge is -2.10. The van der Waals surface area contributed by atoms with Crippen molar-refractivity contribution in [1.29, 1.82) is 0 Å². The second-order valence-corrected chi connectivity index (χ2v) is 5.56. The lowest BCUT2D eigenvalue weighted by atomic mass is 9.97. The topological polar surface area (TPSA) is 52.6 Å². The molecule has 124 valence electrons. The van der Waals surface area contributed by atoms with Crippen LogP contribution in [0.5, 0.6) is 0 Å². The maximum absolute atomic E-state index is 11.2. The fourth-order valence-corrected chi connectivity index (χ4v) is 2.27. The molecule has 1 atom stereocenters. The quantitative estimate of drug-likeness (QED) is 0.377. The lowest BCUT2D eigenvalue weighted by molar-refractivity contribution is -0.144. The van der Waals surface area contributed by atoms with E-state index in [9.17, 15) is 9.59 Å². The molecule has 0 saturated heterocycles. The third-order valence-electron chi connectivity index (χ3n) is 3.53. The zero-order chi connectivity index (χ0) is 15.9. The van der Waals surface area contributed by atoms with Gasteiger partial charge in [0.25, 0.3) is 0 Å². The zero-order valence-electron chi connectivity index (χ0n) is 14.0. The molecule has 0 aromatic rings. The molecule has 0 bridgehead atoms. The Bertz CT molecular complexity index is 276. The first-order valence-corrected chi connectivity index (χ1v) is 8.41. The van der Waals surface area contributed by atoms with Crippen LogP contribution < -0.4 is 0 Å². The smallest absolute Gasteiger partial charge is 0.305 e. The monoisotopic (exact) mass is 300 g/mol. The Kier molecular flexibility index (Phi) is 13.2. The Balaban J connectivity index is 3.34. The highest BCUT2D eigenvalue weighted by Gasteiger charge is 2.07. The van der Waals surface area contributed by atoms with Gasteiger partial charge in [0.2, 0.25) is 0 Å². The van der Waals surface area contributed by atoms with E-state index in [0.717, 1.165) is 25.7 Å². The van der Waals surface area contributed by atoms with Crippen molar-refractivity contribution in [2.24, 2.45) is 5.92 Å². The number of carbonyl (C=O) groups is 2. The highest BCUT2D eigenvalue weighted by Crippen LogP contribution is 2.16. The van der Waals surface area contributed by atoms with Crippen LogP contribution in [0.3, 0.4) is 0 Å². The van der Waals surface area contributed by atoms with Crippen LogP contribution >= 0.6 is 0 Å².